The van der Waals surface area contributed by atoms with E-state index in [-0.39, 0.29) is 23.1 Å². The van der Waals surface area contributed by atoms with Crippen molar-refractivity contribution in [3.8, 4) is 0 Å². The number of aryl methyl sites for hydroxylation is 2. The summed E-state index contributed by atoms with van der Waals surface area (Å²) in [6, 6.07) is 12.5. The Morgan fingerprint density at radius 3 is 2.41 bits per heavy atom. The number of carbonyl (C=O) groups is 1. The molecule has 0 saturated heterocycles. The minimum atomic E-state index is -0.245. The summed E-state index contributed by atoms with van der Waals surface area (Å²) in [6.45, 7) is 10.9. The summed E-state index contributed by atoms with van der Waals surface area (Å²) in [5.74, 6) is -0.296. The molecule has 0 aliphatic carbocycles. The van der Waals surface area contributed by atoms with Crippen LogP contribution in [0.4, 0.5) is 4.39 Å². The van der Waals surface area contributed by atoms with Crippen LogP contribution in [-0.2, 0) is 0 Å². The van der Waals surface area contributed by atoms with Crippen LogP contribution in [0, 0.1) is 25.1 Å². The van der Waals surface area contributed by atoms with Crippen LogP contribution in [0.1, 0.15) is 53.9 Å². The molecule has 27 heavy (non-hydrogen) atoms. The summed E-state index contributed by atoms with van der Waals surface area (Å²) in [5.41, 5.74) is 4.15. The normalized spacial score (nSPS) is 13.0. The van der Waals surface area contributed by atoms with E-state index in [1.54, 1.807) is 12.1 Å². The van der Waals surface area contributed by atoms with Gasteiger partial charge in [-0.3, -0.25) is 4.79 Å². The third kappa shape index (κ3) is 3.75. The fourth-order valence-corrected chi connectivity index (χ4v) is 3.76. The third-order valence-electron chi connectivity index (χ3n) is 5.25. The molecule has 3 nitrogen and oxygen atoms in total. The van der Waals surface area contributed by atoms with Crippen molar-refractivity contribution in [2.75, 3.05) is 6.54 Å². The van der Waals surface area contributed by atoms with Crippen LogP contribution in [0.25, 0.3) is 10.9 Å². The van der Waals surface area contributed by atoms with Gasteiger partial charge in [0.05, 0.1) is 5.52 Å². The number of halogens is 1. The predicted octanol–water partition coefficient (Wildman–Crippen LogP) is 5.48. The van der Waals surface area contributed by atoms with Gasteiger partial charge in [0.15, 0.2) is 0 Å². The van der Waals surface area contributed by atoms with Crippen LogP contribution >= 0.6 is 0 Å². The molecule has 3 rings (SSSR count). The molecule has 2 aromatic carbocycles. The van der Waals surface area contributed by atoms with Crippen LogP contribution in [0.2, 0.25) is 0 Å². The van der Waals surface area contributed by atoms with Crippen molar-refractivity contribution in [1.29, 1.82) is 0 Å². The van der Waals surface area contributed by atoms with E-state index in [1.165, 1.54) is 6.07 Å². The predicted molar refractivity (Wildman–Crippen MR) is 109 cm³/mol. The van der Waals surface area contributed by atoms with Crippen molar-refractivity contribution in [2.24, 2.45) is 5.41 Å². The summed E-state index contributed by atoms with van der Waals surface area (Å²) in [7, 11) is 0. The number of fused-ring (bicyclic) bond motifs is 1. The molecular weight excluding hydrogens is 339 g/mol. The average molecular weight is 366 g/mol. The van der Waals surface area contributed by atoms with E-state index < -0.39 is 0 Å². The highest BCUT2D eigenvalue weighted by atomic mass is 19.1. The molecule has 2 N–H and O–H groups in total. The molecule has 3 aromatic rings. The Labute approximate surface area is 160 Å². The van der Waals surface area contributed by atoms with Gasteiger partial charge in [-0.2, -0.15) is 0 Å². The van der Waals surface area contributed by atoms with Crippen molar-refractivity contribution in [1.82, 2.24) is 10.3 Å². The second kappa shape index (κ2) is 7.18. The number of amides is 1. The van der Waals surface area contributed by atoms with Gasteiger partial charge in [-0.1, -0.05) is 45.0 Å². The Bertz CT molecular complexity index is 967. The highest BCUT2D eigenvalue weighted by Gasteiger charge is 2.31. The molecule has 0 bridgehead atoms. The quantitative estimate of drug-likeness (QED) is 0.631. The Morgan fingerprint density at radius 1 is 1.11 bits per heavy atom. The zero-order chi connectivity index (χ0) is 19.8. The van der Waals surface area contributed by atoms with E-state index in [2.05, 4.69) is 31.1 Å². The van der Waals surface area contributed by atoms with E-state index >= 15 is 0 Å². The van der Waals surface area contributed by atoms with Gasteiger partial charge in [0.25, 0.3) is 5.91 Å². The maximum atomic E-state index is 14.4. The van der Waals surface area contributed by atoms with E-state index in [9.17, 15) is 9.18 Å². The highest BCUT2D eigenvalue weighted by Crippen LogP contribution is 2.41. The smallest absolute Gasteiger partial charge is 0.251 e. The molecule has 1 heterocycles. The number of benzene rings is 2. The average Bonchev–Trinajstić information content (AvgIpc) is 2.96. The van der Waals surface area contributed by atoms with Crippen LogP contribution < -0.4 is 5.32 Å². The van der Waals surface area contributed by atoms with Crippen molar-refractivity contribution in [2.45, 2.75) is 40.5 Å². The molecule has 0 radical (unpaired) electrons. The molecule has 0 aliphatic rings. The van der Waals surface area contributed by atoms with Gasteiger partial charge in [0.1, 0.15) is 5.82 Å². The highest BCUT2D eigenvalue weighted by molar-refractivity contribution is 5.94. The van der Waals surface area contributed by atoms with Crippen molar-refractivity contribution in [3.63, 3.8) is 0 Å². The number of hydrogen-bond acceptors (Lipinski definition) is 1. The Balaban J connectivity index is 2.00. The second-order valence-corrected chi connectivity index (χ2v) is 8.27. The fraction of sp³-hybridized carbons (Fsp3) is 0.348. The van der Waals surface area contributed by atoms with Gasteiger partial charge in [-0.15, -0.1) is 0 Å². The molecule has 1 atom stereocenters. The van der Waals surface area contributed by atoms with Gasteiger partial charge in [-0.05, 0) is 48.6 Å². The Kier molecular flexibility index (Phi) is 5.09. The molecule has 0 fully saturated rings. The lowest BCUT2D eigenvalue weighted by molar-refractivity contribution is 0.0945. The van der Waals surface area contributed by atoms with E-state index in [0.717, 1.165) is 22.2 Å². The molecule has 0 spiro atoms. The maximum Gasteiger partial charge on any atom is 0.251 e. The summed E-state index contributed by atoms with van der Waals surface area (Å²) < 4.78 is 14.4. The summed E-state index contributed by atoms with van der Waals surface area (Å²) in [4.78, 5) is 15.8. The van der Waals surface area contributed by atoms with Gasteiger partial charge in [-0.25, -0.2) is 4.39 Å². The SMILES string of the molecule is Cc1[nH]c2c(F)ccc(C)c2c1C(CNC(=O)c1ccccc1)C(C)(C)C. The zero-order valence-corrected chi connectivity index (χ0v) is 16.6. The number of aromatic amines is 1. The van der Waals surface area contributed by atoms with Gasteiger partial charge in [0.2, 0.25) is 0 Å². The first-order valence-electron chi connectivity index (χ1n) is 9.30. The Morgan fingerprint density at radius 2 is 1.78 bits per heavy atom. The molecule has 142 valence electrons. The van der Waals surface area contributed by atoms with Crippen LogP contribution in [0.5, 0.6) is 0 Å². The third-order valence-corrected chi connectivity index (χ3v) is 5.25. The minimum absolute atomic E-state index is 0.0411. The molecule has 1 unspecified atom stereocenters. The molecule has 4 heteroatoms. The summed E-state index contributed by atoms with van der Waals surface area (Å²) in [5, 5.41) is 4.01. The first-order chi connectivity index (χ1) is 12.7. The topological polar surface area (TPSA) is 44.9 Å². The number of nitrogens with one attached hydrogen (secondary N) is 2. The lowest BCUT2D eigenvalue weighted by atomic mass is 9.75. The number of H-pyrrole nitrogens is 1. The van der Waals surface area contributed by atoms with E-state index in [0.29, 0.717) is 17.6 Å². The van der Waals surface area contributed by atoms with Crippen LogP contribution in [0.15, 0.2) is 42.5 Å². The standard InChI is InChI=1S/C23H27FN2O/c1-14-11-12-18(24)21-19(14)20(15(2)26-21)17(23(3,4)5)13-25-22(27)16-9-7-6-8-10-16/h6-12,17,26H,13H2,1-5H3,(H,25,27). The first kappa shape index (κ1) is 19.2. The van der Waals surface area contributed by atoms with Crippen molar-refractivity contribution in [3.05, 3.63) is 70.7 Å². The summed E-state index contributed by atoms with van der Waals surface area (Å²) >= 11 is 0. The number of rotatable bonds is 4. The molecule has 0 aliphatic heterocycles. The van der Waals surface area contributed by atoms with Crippen LogP contribution in [-0.4, -0.2) is 17.4 Å². The van der Waals surface area contributed by atoms with Crippen LogP contribution in [0.3, 0.4) is 0 Å². The first-order valence-corrected chi connectivity index (χ1v) is 9.30. The van der Waals surface area contributed by atoms with Crippen molar-refractivity contribution < 1.29 is 9.18 Å². The maximum absolute atomic E-state index is 14.4. The van der Waals surface area contributed by atoms with E-state index in [1.807, 2.05) is 38.1 Å². The lowest BCUT2D eigenvalue weighted by Gasteiger charge is -2.32. The van der Waals surface area contributed by atoms with E-state index in [4.69, 9.17) is 0 Å². The Hall–Kier alpha value is -2.62. The largest absolute Gasteiger partial charge is 0.356 e. The monoisotopic (exact) mass is 366 g/mol. The minimum Gasteiger partial charge on any atom is -0.356 e. The fourth-order valence-electron chi connectivity index (χ4n) is 3.76. The zero-order valence-electron chi connectivity index (χ0n) is 16.6. The summed E-state index contributed by atoms with van der Waals surface area (Å²) in [6.07, 6.45) is 0. The van der Waals surface area contributed by atoms with Gasteiger partial charge < -0.3 is 10.3 Å². The van der Waals surface area contributed by atoms with Crippen molar-refractivity contribution >= 4 is 16.8 Å². The number of hydrogen-bond donors (Lipinski definition) is 2. The van der Waals surface area contributed by atoms with Gasteiger partial charge in [0, 0.05) is 29.1 Å². The molecular formula is C23H27FN2O. The number of carbonyl (C=O) groups excluding carboxylic acids is 1. The second-order valence-electron chi connectivity index (χ2n) is 8.27. The lowest BCUT2D eigenvalue weighted by Crippen LogP contribution is -2.34. The molecule has 1 aromatic heterocycles. The van der Waals surface area contributed by atoms with Gasteiger partial charge >= 0.3 is 0 Å². The molecule has 1 amide bonds. The number of aromatic nitrogens is 1. The molecule has 0 saturated carbocycles.